The van der Waals surface area contributed by atoms with Crippen LogP contribution in [0.15, 0.2) is 48.8 Å². The molecule has 0 saturated carbocycles. The first kappa shape index (κ1) is 20.6. The van der Waals surface area contributed by atoms with Crippen molar-refractivity contribution in [1.82, 2.24) is 30.0 Å². The minimum atomic E-state index is 0.656. The van der Waals surface area contributed by atoms with Gasteiger partial charge >= 0.3 is 0 Å². The monoisotopic (exact) mass is 427 g/mol. The van der Waals surface area contributed by atoms with Crippen LogP contribution in [0.1, 0.15) is 25.5 Å². The van der Waals surface area contributed by atoms with Gasteiger partial charge in [0, 0.05) is 30.4 Å². The number of H-pyrrole nitrogens is 1. The van der Waals surface area contributed by atoms with Crippen molar-refractivity contribution in [2.45, 2.75) is 32.2 Å². The number of nitrogens with one attached hydrogen (secondary N) is 1. The molecular weight excluding hydrogens is 398 g/mol. The Hall–Kier alpha value is -3.32. The zero-order valence-electron chi connectivity index (χ0n) is 18.9. The van der Waals surface area contributed by atoms with Crippen molar-refractivity contribution >= 4 is 16.7 Å². The van der Waals surface area contributed by atoms with E-state index in [1.807, 2.05) is 42.7 Å². The van der Waals surface area contributed by atoms with Gasteiger partial charge in [0.15, 0.2) is 0 Å². The molecule has 0 radical (unpaired) electrons. The first-order valence-electron chi connectivity index (χ1n) is 11.3. The number of fused-ring (bicyclic) bond motifs is 1. The highest BCUT2D eigenvalue weighted by Gasteiger charge is 2.21. The lowest BCUT2D eigenvalue weighted by Gasteiger charge is -2.36. The van der Waals surface area contributed by atoms with Crippen LogP contribution in [0, 0.1) is 0 Å². The SMILES string of the molecule is CCc1cccc(-c2[nH]ncc2-c2ccc3ncc(N4CCC(N(C)C)CC4)cc3n2)n1. The number of nitrogens with zero attached hydrogens (tertiary/aromatic N) is 6. The molecule has 1 aliphatic rings. The molecule has 5 rings (SSSR count). The molecule has 1 aliphatic heterocycles. The predicted molar refractivity (Wildman–Crippen MR) is 129 cm³/mol. The second kappa shape index (κ2) is 8.67. The van der Waals surface area contributed by atoms with Gasteiger partial charge in [-0.1, -0.05) is 13.0 Å². The Balaban J connectivity index is 1.46. The van der Waals surface area contributed by atoms with Gasteiger partial charge in [-0.15, -0.1) is 0 Å². The van der Waals surface area contributed by atoms with Crippen molar-refractivity contribution in [3.05, 3.63) is 54.5 Å². The summed E-state index contributed by atoms with van der Waals surface area (Å²) >= 11 is 0. The molecule has 0 spiro atoms. The van der Waals surface area contributed by atoms with E-state index in [1.165, 1.54) is 12.8 Å². The highest BCUT2D eigenvalue weighted by Crippen LogP contribution is 2.30. The van der Waals surface area contributed by atoms with Gasteiger partial charge in [0.1, 0.15) is 0 Å². The molecule has 0 atom stereocenters. The van der Waals surface area contributed by atoms with Crippen molar-refractivity contribution < 1.29 is 0 Å². The Kier molecular flexibility index (Phi) is 5.57. The molecule has 5 heterocycles. The van der Waals surface area contributed by atoms with Gasteiger partial charge in [-0.2, -0.15) is 5.10 Å². The zero-order valence-corrected chi connectivity index (χ0v) is 18.9. The first-order chi connectivity index (χ1) is 15.6. The minimum Gasteiger partial charge on any atom is -0.370 e. The summed E-state index contributed by atoms with van der Waals surface area (Å²) in [4.78, 5) is 19.2. The molecule has 1 N–H and O–H groups in total. The topological polar surface area (TPSA) is 73.8 Å². The van der Waals surface area contributed by atoms with Crippen LogP contribution in [0.2, 0.25) is 0 Å². The lowest BCUT2D eigenvalue weighted by Crippen LogP contribution is -2.42. The van der Waals surface area contributed by atoms with Crippen molar-refractivity contribution in [2.24, 2.45) is 0 Å². The molecule has 32 heavy (non-hydrogen) atoms. The summed E-state index contributed by atoms with van der Waals surface area (Å²) in [7, 11) is 4.34. The van der Waals surface area contributed by atoms with E-state index in [0.29, 0.717) is 6.04 Å². The molecule has 0 unspecified atom stereocenters. The summed E-state index contributed by atoms with van der Waals surface area (Å²) in [6, 6.07) is 13.0. The molecule has 4 aromatic rings. The fraction of sp³-hybridized carbons (Fsp3) is 0.360. The lowest BCUT2D eigenvalue weighted by atomic mass is 10.0. The highest BCUT2D eigenvalue weighted by molar-refractivity contribution is 5.84. The maximum atomic E-state index is 4.96. The van der Waals surface area contributed by atoms with Gasteiger partial charge in [-0.05, 0) is 63.7 Å². The van der Waals surface area contributed by atoms with Crippen LogP contribution in [-0.2, 0) is 6.42 Å². The smallest absolute Gasteiger partial charge is 0.0928 e. The number of rotatable bonds is 5. The Labute approximate surface area is 188 Å². The number of aromatic amines is 1. The van der Waals surface area contributed by atoms with E-state index in [0.717, 1.165) is 64.6 Å². The van der Waals surface area contributed by atoms with Crippen molar-refractivity contribution in [3.63, 3.8) is 0 Å². The third kappa shape index (κ3) is 3.96. The molecule has 0 amide bonds. The third-order valence-electron chi connectivity index (χ3n) is 6.42. The van der Waals surface area contributed by atoms with Crippen LogP contribution in [-0.4, -0.2) is 63.3 Å². The number of hydrogen-bond acceptors (Lipinski definition) is 6. The second-order valence-corrected chi connectivity index (χ2v) is 8.64. The average Bonchev–Trinajstić information content (AvgIpc) is 3.33. The van der Waals surface area contributed by atoms with Crippen LogP contribution in [0.25, 0.3) is 33.7 Å². The quantitative estimate of drug-likeness (QED) is 0.515. The van der Waals surface area contributed by atoms with Crippen molar-refractivity contribution in [3.8, 4) is 22.6 Å². The fourth-order valence-electron chi connectivity index (χ4n) is 4.45. The van der Waals surface area contributed by atoms with E-state index in [9.17, 15) is 0 Å². The average molecular weight is 428 g/mol. The molecule has 1 saturated heterocycles. The van der Waals surface area contributed by atoms with Gasteiger partial charge in [0.2, 0.25) is 0 Å². The van der Waals surface area contributed by atoms with Gasteiger partial charge in [-0.25, -0.2) is 4.98 Å². The van der Waals surface area contributed by atoms with Gasteiger partial charge < -0.3 is 9.80 Å². The van der Waals surface area contributed by atoms with Crippen molar-refractivity contribution in [2.75, 3.05) is 32.1 Å². The van der Waals surface area contributed by atoms with Gasteiger partial charge in [-0.3, -0.25) is 15.1 Å². The molecule has 7 heteroatoms. The summed E-state index contributed by atoms with van der Waals surface area (Å²) in [5, 5.41) is 7.41. The van der Waals surface area contributed by atoms with E-state index in [4.69, 9.17) is 9.97 Å². The zero-order chi connectivity index (χ0) is 22.1. The van der Waals surface area contributed by atoms with Gasteiger partial charge in [0.05, 0.1) is 46.2 Å². The van der Waals surface area contributed by atoms with Crippen LogP contribution in [0.3, 0.4) is 0 Å². The molecule has 0 bridgehead atoms. The molecular formula is C25H29N7. The molecule has 0 aromatic carbocycles. The Morgan fingerprint density at radius 1 is 1.00 bits per heavy atom. The molecule has 4 aromatic heterocycles. The van der Waals surface area contributed by atoms with E-state index >= 15 is 0 Å². The Bertz CT molecular complexity index is 1220. The van der Waals surface area contributed by atoms with E-state index in [2.05, 4.69) is 52.1 Å². The first-order valence-corrected chi connectivity index (χ1v) is 11.3. The normalized spacial score (nSPS) is 15.1. The number of hydrogen-bond donors (Lipinski definition) is 1. The molecule has 0 aliphatic carbocycles. The minimum absolute atomic E-state index is 0.656. The maximum Gasteiger partial charge on any atom is 0.0928 e. The Morgan fingerprint density at radius 2 is 1.84 bits per heavy atom. The lowest BCUT2D eigenvalue weighted by molar-refractivity contribution is 0.249. The number of aromatic nitrogens is 5. The molecule has 1 fully saturated rings. The third-order valence-corrected chi connectivity index (χ3v) is 6.42. The molecule has 164 valence electrons. The largest absolute Gasteiger partial charge is 0.370 e. The Morgan fingerprint density at radius 3 is 2.62 bits per heavy atom. The fourth-order valence-corrected chi connectivity index (χ4v) is 4.45. The van der Waals surface area contributed by atoms with Crippen molar-refractivity contribution in [1.29, 1.82) is 0 Å². The van der Waals surface area contributed by atoms with E-state index in [-0.39, 0.29) is 0 Å². The summed E-state index contributed by atoms with van der Waals surface area (Å²) in [5.74, 6) is 0. The number of piperidine rings is 1. The van der Waals surface area contributed by atoms with E-state index in [1.54, 1.807) is 0 Å². The predicted octanol–water partition coefficient (Wildman–Crippen LogP) is 4.17. The van der Waals surface area contributed by atoms with Crippen LogP contribution in [0.5, 0.6) is 0 Å². The summed E-state index contributed by atoms with van der Waals surface area (Å²) < 4.78 is 0. The van der Waals surface area contributed by atoms with Crippen LogP contribution in [0.4, 0.5) is 5.69 Å². The standard InChI is InChI=1S/C25H29N7/c1-4-17-6-5-7-23(28-17)25-20(16-27-30-25)21-8-9-22-24(29-21)14-19(15-26-22)32-12-10-18(11-13-32)31(2)3/h5-9,14-16,18H,4,10-13H2,1-3H3,(H,27,30). The maximum absolute atomic E-state index is 4.96. The number of aryl methyl sites for hydroxylation is 1. The van der Waals surface area contributed by atoms with Gasteiger partial charge in [0.25, 0.3) is 0 Å². The molecule has 7 nitrogen and oxygen atoms in total. The van der Waals surface area contributed by atoms with Crippen LogP contribution < -0.4 is 4.90 Å². The second-order valence-electron chi connectivity index (χ2n) is 8.64. The summed E-state index contributed by atoms with van der Waals surface area (Å²) in [6.45, 7) is 4.19. The summed E-state index contributed by atoms with van der Waals surface area (Å²) in [6.07, 6.45) is 7.03. The van der Waals surface area contributed by atoms with E-state index < -0.39 is 0 Å². The number of pyridine rings is 3. The van der Waals surface area contributed by atoms with Crippen LogP contribution >= 0.6 is 0 Å². The number of anilines is 1. The highest BCUT2D eigenvalue weighted by atomic mass is 15.2. The summed E-state index contributed by atoms with van der Waals surface area (Å²) in [5.41, 5.74) is 7.59.